The van der Waals surface area contributed by atoms with Crippen LogP contribution in [0.25, 0.3) is 11.3 Å². The number of nitrogens with one attached hydrogen (secondary N) is 1. The summed E-state index contributed by atoms with van der Waals surface area (Å²) in [6, 6.07) is 9.03. The quantitative estimate of drug-likeness (QED) is 0.894. The van der Waals surface area contributed by atoms with E-state index in [1.807, 2.05) is 26.1 Å². The van der Waals surface area contributed by atoms with Crippen molar-refractivity contribution in [2.24, 2.45) is 0 Å². The Hall–Kier alpha value is -1.61. The molecule has 0 saturated heterocycles. The number of hydrogen-bond donors (Lipinski definition) is 1. The predicted molar refractivity (Wildman–Crippen MR) is 71.1 cm³/mol. The van der Waals surface area contributed by atoms with Gasteiger partial charge in [-0.3, -0.25) is 0 Å². The molecule has 1 unspecified atom stereocenters. The van der Waals surface area contributed by atoms with Crippen molar-refractivity contribution >= 4 is 0 Å². The summed E-state index contributed by atoms with van der Waals surface area (Å²) in [5.74, 6) is 1.52. The Balaban J connectivity index is 2.24. The SMILES string of the molecule is CNC(C)Cc1ccc(-c2ccc(F)cc2C)o1. The third kappa shape index (κ3) is 2.79. The molecule has 18 heavy (non-hydrogen) atoms. The van der Waals surface area contributed by atoms with Crippen molar-refractivity contribution in [2.45, 2.75) is 26.3 Å². The maximum atomic E-state index is 13.0. The standard InChI is InChI=1S/C15H18FNO/c1-10-8-12(16)4-6-14(10)15-7-5-13(18-15)9-11(2)17-3/h4-8,11,17H,9H2,1-3H3. The van der Waals surface area contributed by atoms with Crippen molar-refractivity contribution in [3.8, 4) is 11.3 Å². The molecule has 1 aromatic heterocycles. The van der Waals surface area contributed by atoms with E-state index in [4.69, 9.17) is 4.42 Å². The Labute approximate surface area is 107 Å². The van der Waals surface area contributed by atoms with Gasteiger partial charge in [0.2, 0.25) is 0 Å². The van der Waals surface area contributed by atoms with Crippen molar-refractivity contribution in [2.75, 3.05) is 7.05 Å². The van der Waals surface area contributed by atoms with E-state index < -0.39 is 0 Å². The highest BCUT2D eigenvalue weighted by Crippen LogP contribution is 2.26. The van der Waals surface area contributed by atoms with E-state index in [2.05, 4.69) is 12.2 Å². The zero-order valence-corrected chi connectivity index (χ0v) is 11.0. The van der Waals surface area contributed by atoms with Crippen LogP contribution in [0.4, 0.5) is 4.39 Å². The summed E-state index contributed by atoms with van der Waals surface area (Å²) in [6.07, 6.45) is 0.844. The van der Waals surface area contributed by atoms with Crippen LogP contribution in [-0.2, 0) is 6.42 Å². The Kier molecular flexibility index (Phi) is 3.82. The molecule has 2 nitrogen and oxygen atoms in total. The van der Waals surface area contributed by atoms with Gasteiger partial charge in [0.25, 0.3) is 0 Å². The third-order valence-corrected chi connectivity index (χ3v) is 3.12. The van der Waals surface area contributed by atoms with Crippen LogP contribution in [-0.4, -0.2) is 13.1 Å². The smallest absolute Gasteiger partial charge is 0.134 e. The first kappa shape index (κ1) is 12.8. The van der Waals surface area contributed by atoms with Gasteiger partial charge in [0.15, 0.2) is 0 Å². The minimum Gasteiger partial charge on any atom is -0.461 e. The number of rotatable bonds is 4. The summed E-state index contributed by atoms with van der Waals surface area (Å²) < 4.78 is 18.8. The fourth-order valence-corrected chi connectivity index (χ4v) is 1.94. The average Bonchev–Trinajstić information content (AvgIpc) is 2.77. The van der Waals surface area contributed by atoms with Crippen molar-refractivity contribution in [1.82, 2.24) is 5.32 Å². The number of aryl methyl sites for hydroxylation is 1. The Morgan fingerprint density at radius 1 is 1.28 bits per heavy atom. The summed E-state index contributed by atoms with van der Waals surface area (Å²) in [5.41, 5.74) is 1.83. The normalized spacial score (nSPS) is 12.7. The van der Waals surface area contributed by atoms with Crippen LogP contribution < -0.4 is 5.32 Å². The molecule has 0 fully saturated rings. The van der Waals surface area contributed by atoms with E-state index >= 15 is 0 Å². The molecule has 1 atom stereocenters. The monoisotopic (exact) mass is 247 g/mol. The summed E-state index contributed by atoms with van der Waals surface area (Å²) in [6.45, 7) is 3.99. The Morgan fingerprint density at radius 3 is 2.72 bits per heavy atom. The summed E-state index contributed by atoms with van der Waals surface area (Å²) >= 11 is 0. The largest absolute Gasteiger partial charge is 0.461 e. The van der Waals surface area contributed by atoms with Gasteiger partial charge >= 0.3 is 0 Å². The maximum absolute atomic E-state index is 13.0. The van der Waals surface area contributed by atoms with Crippen molar-refractivity contribution in [1.29, 1.82) is 0 Å². The van der Waals surface area contributed by atoms with Crippen LogP contribution in [0.5, 0.6) is 0 Å². The van der Waals surface area contributed by atoms with Crippen LogP contribution in [0.1, 0.15) is 18.2 Å². The number of halogens is 1. The maximum Gasteiger partial charge on any atom is 0.134 e. The van der Waals surface area contributed by atoms with Crippen molar-refractivity contribution < 1.29 is 8.81 Å². The second kappa shape index (κ2) is 5.36. The molecule has 0 aliphatic carbocycles. The molecule has 3 heteroatoms. The minimum atomic E-state index is -0.216. The molecule has 0 amide bonds. The van der Waals surface area contributed by atoms with Crippen molar-refractivity contribution in [3.05, 3.63) is 47.5 Å². The van der Waals surface area contributed by atoms with Gasteiger partial charge in [-0.15, -0.1) is 0 Å². The highest BCUT2D eigenvalue weighted by molar-refractivity contribution is 5.62. The highest BCUT2D eigenvalue weighted by Gasteiger charge is 2.09. The zero-order valence-electron chi connectivity index (χ0n) is 11.0. The number of hydrogen-bond acceptors (Lipinski definition) is 2. The van der Waals surface area contributed by atoms with E-state index in [0.29, 0.717) is 6.04 Å². The van der Waals surface area contributed by atoms with Gasteiger partial charge in [-0.1, -0.05) is 0 Å². The third-order valence-electron chi connectivity index (χ3n) is 3.12. The Morgan fingerprint density at radius 2 is 2.06 bits per heavy atom. The molecule has 0 spiro atoms. The average molecular weight is 247 g/mol. The van der Waals surface area contributed by atoms with E-state index in [0.717, 1.165) is 29.1 Å². The van der Waals surface area contributed by atoms with Gasteiger partial charge in [-0.2, -0.15) is 0 Å². The molecular formula is C15H18FNO. The molecule has 1 heterocycles. The molecule has 0 saturated carbocycles. The van der Waals surface area contributed by atoms with Crippen LogP contribution in [0.2, 0.25) is 0 Å². The lowest BCUT2D eigenvalue weighted by molar-refractivity contribution is 0.481. The Bertz CT molecular complexity index is 533. The van der Waals surface area contributed by atoms with Crippen LogP contribution in [0.15, 0.2) is 34.7 Å². The van der Waals surface area contributed by atoms with Crippen molar-refractivity contribution in [3.63, 3.8) is 0 Å². The van der Waals surface area contributed by atoms with Gasteiger partial charge in [0.05, 0.1) is 0 Å². The lowest BCUT2D eigenvalue weighted by Gasteiger charge is -2.07. The minimum absolute atomic E-state index is 0.216. The lowest BCUT2D eigenvalue weighted by Crippen LogP contribution is -2.23. The number of benzene rings is 1. The molecule has 0 aliphatic heterocycles. The van der Waals surface area contributed by atoms with Crippen LogP contribution in [0.3, 0.4) is 0 Å². The first-order valence-electron chi connectivity index (χ1n) is 6.12. The molecule has 2 rings (SSSR count). The summed E-state index contributed by atoms with van der Waals surface area (Å²) in [4.78, 5) is 0. The molecule has 96 valence electrons. The lowest BCUT2D eigenvalue weighted by atomic mass is 10.1. The van der Waals surface area contributed by atoms with E-state index in [1.54, 1.807) is 6.07 Å². The van der Waals surface area contributed by atoms with Gasteiger partial charge < -0.3 is 9.73 Å². The second-order valence-electron chi connectivity index (χ2n) is 4.62. The highest BCUT2D eigenvalue weighted by atomic mass is 19.1. The fourth-order valence-electron chi connectivity index (χ4n) is 1.94. The topological polar surface area (TPSA) is 25.2 Å². The molecule has 0 radical (unpaired) electrons. The van der Waals surface area contributed by atoms with Gasteiger partial charge in [-0.25, -0.2) is 4.39 Å². The second-order valence-corrected chi connectivity index (χ2v) is 4.62. The first-order chi connectivity index (χ1) is 8.60. The molecule has 0 bridgehead atoms. The van der Waals surface area contributed by atoms with Gasteiger partial charge in [0, 0.05) is 18.0 Å². The predicted octanol–water partition coefficient (Wildman–Crippen LogP) is 3.54. The summed E-state index contributed by atoms with van der Waals surface area (Å²) in [7, 11) is 1.93. The van der Waals surface area contributed by atoms with E-state index in [-0.39, 0.29) is 5.82 Å². The number of furan rings is 1. The van der Waals surface area contributed by atoms with E-state index in [1.165, 1.54) is 12.1 Å². The molecule has 1 aromatic carbocycles. The van der Waals surface area contributed by atoms with Crippen LogP contribution >= 0.6 is 0 Å². The van der Waals surface area contributed by atoms with Crippen LogP contribution in [0, 0.1) is 12.7 Å². The van der Waals surface area contributed by atoms with Gasteiger partial charge in [-0.05, 0) is 56.8 Å². The molecule has 1 N–H and O–H groups in total. The fraction of sp³-hybridized carbons (Fsp3) is 0.333. The molecular weight excluding hydrogens is 229 g/mol. The first-order valence-corrected chi connectivity index (χ1v) is 6.12. The molecule has 2 aromatic rings. The number of likely N-dealkylation sites (N-methyl/N-ethyl adjacent to an activating group) is 1. The molecule has 0 aliphatic rings. The summed E-state index contributed by atoms with van der Waals surface area (Å²) in [5, 5.41) is 3.17. The van der Waals surface area contributed by atoms with E-state index in [9.17, 15) is 4.39 Å². The zero-order chi connectivity index (χ0) is 13.1. The van der Waals surface area contributed by atoms with Gasteiger partial charge in [0.1, 0.15) is 17.3 Å².